The Hall–Kier alpha value is -2.37. The number of rotatable bonds is 7. The van der Waals surface area contributed by atoms with Crippen molar-refractivity contribution in [3.63, 3.8) is 0 Å². The van der Waals surface area contributed by atoms with Crippen LogP contribution in [0.15, 0.2) is 72.0 Å². The third-order valence-corrected chi connectivity index (χ3v) is 11.7. The van der Waals surface area contributed by atoms with E-state index in [1.807, 2.05) is 20.8 Å². The maximum absolute atomic E-state index is 12.5. The van der Waals surface area contributed by atoms with E-state index in [0.29, 0.717) is 5.57 Å². The molecule has 0 N–H and O–H groups in total. The summed E-state index contributed by atoms with van der Waals surface area (Å²) in [5, 5.41) is 2.48. The van der Waals surface area contributed by atoms with E-state index in [2.05, 4.69) is 88.4 Å². The van der Waals surface area contributed by atoms with Gasteiger partial charge in [0.1, 0.15) is 17.5 Å². The van der Waals surface area contributed by atoms with Crippen LogP contribution in [0.3, 0.4) is 0 Å². The normalized spacial score (nSPS) is 19.1. The molecular formula is C30H42O4Si. The van der Waals surface area contributed by atoms with E-state index in [4.69, 9.17) is 13.9 Å². The Kier molecular flexibility index (Phi) is 8.33. The summed E-state index contributed by atoms with van der Waals surface area (Å²) in [5.41, 5.74) is 0.0534. The second-order valence-electron chi connectivity index (χ2n) is 11.7. The van der Waals surface area contributed by atoms with Crippen molar-refractivity contribution in [1.82, 2.24) is 0 Å². The zero-order chi connectivity index (χ0) is 25.9. The number of esters is 1. The number of hydrogen-bond donors (Lipinski definition) is 0. The highest BCUT2D eigenvalue weighted by molar-refractivity contribution is 6.99. The van der Waals surface area contributed by atoms with Crippen LogP contribution in [0.4, 0.5) is 0 Å². The van der Waals surface area contributed by atoms with Crippen molar-refractivity contribution in [3.05, 3.63) is 72.0 Å². The van der Waals surface area contributed by atoms with Gasteiger partial charge in [-0.1, -0.05) is 81.4 Å². The van der Waals surface area contributed by atoms with E-state index in [1.165, 1.54) is 10.4 Å². The average molecular weight is 495 g/mol. The van der Waals surface area contributed by atoms with Gasteiger partial charge in [-0.15, -0.1) is 0 Å². The smallest absolute Gasteiger partial charge is 0.337 e. The SMILES string of the molecule is C/C(C(=O)OC(C)(C)C)=C1/CC[C@H](C[C@@H](C)O[Si](c2ccccc2)(c2ccccc2)C(C)(C)C)O1. The number of carbonyl (C=O) groups is 1. The number of hydrogen-bond acceptors (Lipinski definition) is 4. The van der Waals surface area contributed by atoms with Gasteiger partial charge in [0, 0.05) is 18.9 Å². The molecule has 3 rings (SSSR count). The quantitative estimate of drug-likeness (QED) is 0.264. The highest BCUT2D eigenvalue weighted by Crippen LogP contribution is 2.38. The second kappa shape index (κ2) is 10.7. The molecule has 1 heterocycles. The van der Waals surface area contributed by atoms with Gasteiger partial charge in [-0.05, 0) is 56.5 Å². The summed E-state index contributed by atoms with van der Waals surface area (Å²) in [4.78, 5) is 12.5. The van der Waals surface area contributed by atoms with Crippen LogP contribution in [-0.4, -0.2) is 32.1 Å². The molecule has 0 spiro atoms. The minimum Gasteiger partial charge on any atom is -0.494 e. The zero-order valence-electron chi connectivity index (χ0n) is 22.7. The van der Waals surface area contributed by atoms with Gasteiger partial charge in [0.2, 0.25) is 0 Å². The minimum atomic E-state index is -2.61. The fraction of sp³-hybridized carbons (Fsp3) is 0.500. The van der Waals surface area contributed by atoms with Crippen molar-refractivity contribution in [2.45, 2.75) is 97.5 Å². The fourth-order valence-corrected chi connectivity index (χ4v) is 9.65. The van der Waals surface area contributed by atoms with Gasteiger partial charge in [-0.25, -0.2) is 4.79 Å². The Morgan fingerprint density at radius 2 is 1.49 bits per heavy atom. The molecule has 0 saturated carbocycles. The van der Waals surface area contributed by atoms with Crippen LogP contribution in [0.5, 0.6) is 0 Å². The van der Waals surface area contributed by atoms with Crippen LogP contribution < -0.4 is 10.4 Å². The summed E-state index contributed by atoms with van der Waals surface area (Å²) in [5.74, 6) is 0.451. The summed E-state index contributed by atoms with van der Waals surface area (Å²) < 4.78 is 19.0. The first-order chi connectivity index (χ1) is 16.3. The molecule has 0 amide bonds. The lowest BCUT2D eigenvalue weighted by atomic mass is 10.1. The Balaban J connectivity index is 1.83. The van der Waals surface area contributed by atoms with E-state index in [1.54, 1.807) is 6.92 Å². The molecule has 1 saturated heterocycles. The number of benzene rings is 2. The summed E-state index contributed by atoms with van der Waals surface area (Å²) in [6.07, 6.45) is 2.42. The first-order valence-corrected chi connectivity index (χ1v) is 14.6. The van der Waals surface area contributed by atoms with E-state index in [0.717, 1.165) is 25.0 Å². The van der Waals surface area contributed by atoms with Gasteiger partial charge >= 0.3 is 5.97 Å². The van der Waals surface area contributed by atoms with Crippen molar-refractivity contribution in [2.24, 2.45) is 0 Å². The number of carbonyl (C=O) groups excluding carboxylic acids is 1. The van der Waals surface area contributed by atoms with Crippen LogP contribution in [0.2, 0.25) is 5.04 Å². The van der Waals surface area contributed by atoms with E-state index in [9.17, 15) is 4.79 Å². The van der Waals surface area contributed by atoms with E-state index in [-0.39, 0.29) is 23.2 Å². The first kappa shape index (κ1) is 27.2. The molecule has 1 fully saturated rings. The molecule has 0 bridgehead atoms. The van der Waals surface area contributed by atoms with Crippen molar-refractivity contribution < 1.29 is 18.7 Å². The first-order valence-electron chi connectivity index (χ1n) is 12.7. The van der Waals surface area contributed by atoms with Gasteiger partial charge in [0.15, 0.2) is 0 Å². The number of allylic oxidation sites excluding steroid dienone is 1. The molecule has 0 radical (unpaired) electrons. The average Bonchev–Trinajstić information content (AvgIpc) is 3.24. The Morgan fingerprint density at radius 3 is 1.94 bits per heavy atom. The maximum atomic E-state index is 12.5. The molecule has 0 aromatic heterocycles. The van der Waals surface area contributed by atoms with E-state index >= 15 is 0 Å². The largest absolute Gasteiger partial charge is 0.494 e. The molecule has 4 nitrogen and oxygen atoms in total. The predicted octanol–water partition coefficient (Wildman–Crippen LogP) is 6.14. The molecule has 190 valence electrons. The molecule has 0 aliphatic carbocycles. The Morgan fingerprint density at radius 1 is 0.971 bits per heavy atom. The van der Waals surface area contributed by atoms with Crippen molar-refractivity contribution >= 4 is 24.7 Å². The Labute approximate surface area is 212 Å². The lowest BCUT2D eigenvalue weighted by Gasteiger charge is -2.45. The fourth-order valence-electron chi connectivity index (χ4n) is 4.93. The second-order valence-corrected chi connectivity index (χ2v) is 15.9. The monoisotopic (exact) mass is 494 g/mol. The topological polar surface area (TPSA) is 44.8 Å². The van der Waals surface area contributed by atoms with Crippen molar-refractivity contribution in [1.29, 1.82) is 0 Å². The van der Waals surface area contributed by atoms with Crippen LogP contribution >= 0.6 is 0 Å². The third kappa shape index (κ3) is 6.45. The van der Waals surface area contributed by atoms with Gasteiger partial charge in [0.25, 0.3) is 8.32 Å². The van der Waals surface area contributed by atoms with Crippen LogP contribution in [0.1, 0.15) is 74.7 Å². The highest BCUT2D eigenvalue weighted by atomic mass is 28.4. The van der Waals surface area contributed by atoms with E-state index < -0.39 is 13.9 Å². The van der Waals surface area contributed by atoms with Gasteiger partial charge in [0.05, 0.1) is 5.57 Å². The molecule has 35 heavy (non-hydrogen) atoms. The molecule has 1 aliphatic heterocycles. The maximum Gasteiger partial charge on any atom is 0.337 e. The van der Waals surface area contributed by atoms with Gasteiger partial charge < -0.3 is 13.9 Å². The molecule has 0 unspecified atom stereocenters. The zero-order valence-corrected chi connectivity index (χ0v) is 23.7. The molecule has 1 aliphatic rings. The van der Waals surface area contributed by atoms with Crippen LogP contribution in [-0.2, 0) is 18.7 Å². The molecule has 5 heteroatoms. The van der Waals surface area contributed by atoms with Crippen molar-refractivity contribution in [3.8, 4) is 0 Å². The van der Waals surface area contributed by atoms with Gasteiger partial charge in [-0.2, -0.15) is 0 Å². The standard InChI is InChI=1S/C30H42O4Si/c1-22(21-24-19-20-27(32-24)23(2)28(31)33-29(3,4)5)34-35(30(6,7)8,25-15-11-9-12-16-25)26-17-13-10-14-18-26/h9-18,22,24H,19-21H2,1-8H3/b27-23+/t22-,24-/m1/s1. The molecular weight excluding hydrogens is 452 g/mol. The summed E-state index contributed by atoms with van der Waals surface area (Å²) in [7, 11) is -2.61. The van der Waals surface area contributed by atoms with Gasteiger partial charge in [-0.3, -0.25) is 0 Å². The van der Waals surface area contributed by atoms with Crippen LogP contribution in [0.25, 0.3) is 0 Å². The highest BCUT2D eigenvalue weighted by Gasteiger charge is 2.51. The molecule has 2 atom stereocenters. The lowest BCUT2D eigenvalue weighted by Crippen LogP contribution is -2.67. The molecule has 2 aromatic rings. The number of ether oxygens (including phenoxy) is 2. The summed E-state index contributed by atoms with van der Waals surface area (Å²) in [6, 6.07) is 21.4. The lowest BCUT2D eigenvalue weighted by molar-refractivity contribution is -0.150. The minimum absolute atomic E-state index is 0.00696. The summed E-state index contributed by atoms with van der Waals surface area (Å²) in [6.45, 7) is 16.5. The van der Waals surface area contributed by atoms with Crippen molar-refractivity contribution in [2.75, 3.05) is 0 Å². The summed E-state index contributed by atoms with van der Waals surface area (Å²) >= 11 is 0. The van der Waals surface area contributed by atoms with Crippen LogP contribution in [0, 0.1) is 0 Å². The predicted molar refractivity (Wildman–Crippen MR) is 145 cm³/mol. The molecule has 2 aromatic carbocycles. The Bertz CT molecular complexity index is 976. The third-order valence-electron chi connectivity index (χ3n) is 6.52.